The topological polar surface area (TPSA) is 91.8 Å². The van der Waals surface area contributed by atoms with Crippen LogP contribution in [0.4, 0.5) is 5.69 Å². The minimum absolute atomic E-state index is 0.177. The average Bonchev–Trinajstić information content (AvgIpc) is 3.17. The summed E-state index contributed by atoms with van der Waals surface area (Å²) >= 11 is 6.41. The first kappa shape index (κ1) is 20.6. The van der Waals surface area contributed by atoms with Crippen molar-refractivity contribution in [1.82, 2.24) is 10.1 Å². The second kappa shape index (κ2) is 9.85. The predicted octanol–water partition coefficient (Wildman–Crippen LogP) is 4.90. The number of carbonyl (C=O) groups is 1. The third-order valence-corrected chi connectivity index (χ3v) is 4.73. The molecular formula is C22H21ClN4O2. The van der Waals surface area contributed by atoms with E-state index in [0.717, 1.165) is 18.4 Å². The number of nitrogens with one attached hydrogen (secondary N) is 1. The fourth-order valence-electron chi connectivity index (χ4n) is 2.97. The van der Waals surface area contributed by atoms with Gasteiger partial charge in [0.05, 0.1) is 12.0 Å². The Morgan fingerprint density at radius 2 is 2.03 bits per heavy atom. The Morgan fingerprint density at radius 1 is 1.24 bits per heavy atom. The van der Waals surface area contributed by atoms with Gasteiger partial charge in [0.1, 0.15) is 0 Å². The molecule has 1 atom stereocenters. The third kappa shape index (κ3) is 5.43. The Hall–Kier alpha value is -3.17. The Balaban J connectivity index is 1.62. The molecule has 2 aromatic carbocycles. The number of anilines is 1. The molecule has 6 nitrogen and oxygen atoms in total. The molecule has 0 saturated heterocycles. The van der Waals surface area contributed by atoms with Crippen LogP contribution in [0.15, 0.2) is 53.1 Å². The molecular weight excluding hydrogens is 388 g/mol. The summed E-state index contributed by atoms with van der Waals surface area (Å²) in [6, 6.07) is 16.9. The number of amides is 1. The Labute approximate surface area is 174 Å². The zero-order valence-electron chi connectivity index (χ0n) is 16.1. The molecule has 1 heterocycles. The van der Waals surface area contributed by atoms with Gasteiger partial charge < -0.3 is 9.84 Å². The van der Waals surface area contributed by atoms with Crippen LogP contribution >= 0.6 is 11.6 Å². The molecule has 3 aromatic rings. The summed E-state index contributed by atoms with van der Waals surface area (Å²) < 4.78 is 5.14. The van der Waals surface area contributed by atoms with E-state index in [1.165, 1.54) is 0 Å². The first-order chi connectivity index (χ1) is 14.1. The number of rotatable bonds is 8. The smallest absolute Gasteiger partial charge is 0.227 e. The average molecular weight is 409 g/mol. The second-order valence-corrected chi connectivity index (χ2v) is 7.02. The molecule has 1 aromatic heterocycles. The second-order valence-electron chi connectivity index (χ2n) is 6.61. The summed E-state index contributed by atoms with van der Waals surface area (Å²) in [6.45, 7) is 2.04. The van der Waals surface area contributed by atoms with Gasteiger partial charge in [0.15, 0.2) is 5.82 Å². The molecule has 0 saturated carbocycles. The molecule has 0 bridgehead atoms. The van der Waals surface area contributed by atoms with Gasteiger partial charge in [-0.05, 0) is 29.7 Å². The van der Waals surface area contributed by atoms with Crippen molar-refractivity contribution in [2.75, 3.05) is 5.32 Å². The molecule has 0 radical (unpaired) electrons. The highest BCUT2D eigenvalue weighted by Gasteiger charge is 2.17. The molecule has 1 unspecified atom stereocenters. The molecule has 3 rings (SSSR count). The Kier molecular flexibility index (Phi) is 6.99. The lowest BCUT2D eigenvalue weighted by atomic mass is 9.92. The first-order valence-corrected chi connectivity index (χ1v) is 9.83. The van der Waals surface area contributed by atoms with E-state index in [0.29, 0.717) is 34.4 Å². The van der Waals surface area contributed by atoms with Gasteiger partial charge >= 0.3 is 0 Å². The molecule has 0 aliphatic heterocycles. The lowest BCUT2D eigenvalue weighted by molar-refractivity contribution is -0.116. The number of nitriles is 1. The van der Waals surface area contributed by atoms with E-state index in [-0.39, 0.29) is 12.3 Å². The maximum Gasteiger partial charge on any atom is 0.227 e. The SMILES string of the molecule is CCCc1noc(CCC(=O)Nc2ccc(C(C#N)c3ccccc3)c(Cl)c2)n1. The quantitative estimate of drug-likeness (QED) is 0.572. The van der Waals surface area contributed by atoms with Crippen molar-refractivity contribution < 1.29 is 9.32 Å². The maximum atomic E-state index is 12.2. The molecule has 0 spiro atoms. The van der Waals surface area contributed by atoms with E-state index in [1.54, 1.807) is 18.2 Å². The van der Waals surface area contributed by atoms with Crippen LogP contribution in [0.1, 0.15) is 48.5 Å². The van der Waals surface area contributed by atoms with Crippen molar-refractivity contribution in [2.24, 2.45) is 0 Å². The molecule has 7 heteroatoms. The third-order valence-electron chi connectivity index (χ3n) is 4.41. The fourth-order valence-corrected chi connectivity index (χ4v) is 3.26. The van der Waals surface area contributed by atoms with Gasteiger partial charge in [0, 0.05) is 30.0 Å². The minimum atomic E-state index is -0.469. The van der Waals surface area contributed by atoms with E-state index >= 15 is 0 Å². The van der Waals surface area contributed by atoms with Crippen LogP contribution in [0.2, 0.25) is 5.02 Å². The number of nitrogens with zero attached hydrogens (tertiary/aromatic N) is 3. The molecule has 148 valence electrons. The highest BCUT2D eigenvalue weighted by Crippen LogP contribution is 2.31. The van der Waals surface area contributed by atoms with Crippen molar-refractivity contribution in [1.29, 1.82) is 5.26 Å². The number of benzene rings is 2. The van der Waals surface area contributed by atoms with Gasteiger partial charge in [0.2, 0.25) is 11.8 Å². The highest BCUT2D eigenvalue weighted by molar-refractivity contribution is 6.31. The lowest BCUT2D eigenvalue weighted by Crippen LogP contribution is -2.12. The minimum Gasteiger partial charge on any atom is -0.339 e. The summed E-state index contributed by atoms with van der Waals surface area (Å²) in [7, 11) is 0. The number of halogens is 1. The summed E-state index contributed by atoms with van der Waals surface area (Å²) in [4.78, 5) is 16.5. The molecule has 1 amide bonds. The van der Waals surface area contributed by atoms with Crippen LogP contribution in [-0.2, 0) is 17.6 Å². The molecule has 29 heavy (non-hydrogen) atoms. The van der Waals surface area contributed by atoms with Crippen molar-refractivity contribution in [3.63, 3.8) is 0 Å². The van der Waals surface area contributed by atoms with Gasteiger partial charge in [-0.15, -0.1) is 0 Å². The fraction of sp³-hybridized carbons (Fsp3) is 0.273. The van der Waals surface area contributed by atoms with Crippen molar-refractivity contribution in [3.8, 4) is 6.07 Å². The maximum absolute atomic E-state index is 12.2. The number of aromatic nitrogens is 2. The van der Waals surface area contributed by atoms with Crippen LogP contribution in [0, 0.1) is 11.3 Å². The van der Waals surface area contributed by atoms with Crippen molar-refractivity contribution in [2.45, 2.75) is 38.5 Å². The zero-order chi connectivity index (χ0) is 20.6. The van der Waals surface area contributed by atoms with E-state index in [9.17, 15) is 10.1 Å². The molecule has 1 N–H and O–H groups in total. The van der Waals surface area contributed by atoms with Crippen LogP contribution in [-0.4, -0.2) is 16.0 Å². The molecule has 0 aliphatic carbocycles. The monoisotopic (exact) mass is 408 g/mol. The van der Waals surface area contributed by atoms with Gasteiger partial charge in [-0.3, -0.25) is 4.79 Å². The normalized spacial score (nSPS) is 11.6. The van der Waals surface area contributed by atoms with Crippen LogP contribution in [0.25, 0.3) is 0 Å². The van der Waals surface area contributed by atoms with E-state index in [2.05, 4.69) is 21.5 Å². The van der Waals surface area contributed by atoms with Crippen molar-refractivity contribution in [3.05, 3.63) is 76.4 Å². The number of hydrogen-bond donors (Lipinski definition) is 1. The predicted molar refractivity (Wildman–Crippen MR) is 111 cm³/mol. The molecule has 0 fully saturated rings. The largest absolute Gasteiger partial charge is 0.339 e. The van der Waals surface area contributed by atoms with Crippen LogP contribution in [0.3, 0.4) is 0 Å². The lowest BCUT2D eigenvalue weighted by Gasteiger charge is -2.13. The Morgan fingerprint density at radius 3 is 2.72 bits per heavy atom. The van der Waals surface area contributed by atoms with Crippen LogP contribution < -0.4 is 5.32 Å². The number of aryl methyl sites for hydroxylation is 2. The summed E-state index contributed by atoms with van der Waals surface area (Å²) in [5.41, 5.74) is 2.15. The van der Waals surface area contributed by atoms with E-state index in [1.807, 2.05) is 37.3 Å². The summed E-state index contributed by atoms with van der Waals surface area (Å²) in [5.74, 6) is 0.472. The summed E-state index contributed by atoms with van der Waals surface area (Å²) in [5, 5.41) is 16.7. The number of hydrogen-bond acceptors (Lipinski definition) is 5. The van der Waals surface area contributed by atoms with Crippen LogP contribution in [0.5, 0.6) is 0 Å². The van der Waals surface area contributed by atoms with Gasteiger partial charge in [-0.1, -0.05) is 60.1 Å². The van der Waals surface area contributed by atoms with Crippen molar-refractivity contribution >= 4 is 23.2 Å². The highest BCUT2D eigenvalue weighted by atomic mass is 35.5. The van der Waals surface area contributed by atoms with E-state index < -0.39 is 5.92 Å². The first-order valence-electron chi connectivity index (χ1n) is 9.46. The van der Waals surface area contributed by atoms with Gasteiger partial charge in [0.25, 0.3) is 0 Å². The number of carbonyl (C=O) groups excluding carboxylic acids is 1. The van der Waals surface area contributed by atoms with Gasteiger partial charge in [-0.25, -0.2) is 0 Å². The molecule has 0 aliphatic rings. The van der Waals surface area contributed by atoms with Gasteiger partial charge in [-0.2, -0.15) is 10.2 Å². The summed E-state index contributed by atoms with van der Waals surface area (Å²) in [6.07, 6.45) is 2.29. The Bertz CT molecular complexity index is 1010. The van der Waals surface area contributed by atoms with E-state index in [4.69, 9.17) is 16.1 Å². The standard InChI is InChI=1S/C22H21ClN4O2/c1-2-6-20-26-22(29-27-20)12-11-21(28)25-16-9-10-17(19(23)13-16)18(14-24)15-7-4-3-5-8-15/h3-5,7-10,13,18H,2,6,11-12H2,1H3,(H,25,28). The zero-order valence-corrected chi connectivity index (χ0v) is 16.8.